The second kappa shape index (κ2) is 33.6. The summed E-state index contributed by atoms with van der Waals surface area (Å²) in [6.07, 6.45) is 2.06. The summed E-state index contributed by atoms with van der Waals surface area (Å²) < 4.78 is 7.32. The molecule has 0 fully saturated rings. The van der Waals surface area contributed by atoms with Crippen LogP contribution in [0.3, 0.4) is 0 Å². The van der Waals surface area contributed by atoms with Crippen LogP contribution in [0.2, 0.25) is 18.2 Å². The third kappa shape index (κ3) is 21.9. The largest absolute Gasteiger partial charge is 0.478 e. The first kappa shape index (κ1) is 67.4. The molecule has 1 atom stereocenters. The molecule has 6 rings (SSSR count). The van der Waals surface area contributed by atoms with Gasteiger partial charge in [0.25, 0.3) is 5.56 Å². The van der Waals surface area contributed by atoms with Gasteiger partial charge in [-0.05, 0) is 117 Å². The summed E-state index contributed by atoms with van der Waals surface area (Å²) in [5, 5.41) is 16.1. The SMILES string of the molecule is C.C.C.CCOC(=O)C(CC)C(C)=O.CCc1c(C)nc(-c2ccc(Cl)s2)[nH]c1=O.CCc1c(C)nc(-c2ccc(Cl)s2)nc1Cl.Cl.N=C(N)c1ccc(Cl)s1.Nc1ccc(Br)c(C(=O)O)c1. The highest BCUT2D eigenvalue weighted by Crippen LogP contribution is 2.31. The van der Waals surface area contributed by atoms with Crippen molar-refractivity contribution in [3.63, 3.8) is 0 Å². The maximum absolute atomic E-state index is 11.7. The third-order valence-electron chi connectivity index (χ3n) is 8.22. The Labute approximate surface area is 440 Å². The molecule has 6 aromatic rings. The molecule has 1 aromatic carbocycles. The van der Waals surface area contributed by atoms with Crippen LogP contribution in [-0.2, 0) is 27.2 Å². The fourth-order valence-corrected chi connectivity index (χ4v) is 8.76. The molecular formula is C45H59BrCl5N7O6S3. The topological polar surface area (TPSA) is 228 Å². The lowest BCUT2D eigenvalue weighted by Crippen LogP contribution is -2.23. The van der Waals surface area contributed by atoms with Crippen molar-refractivity contribution < 1.29 is 24.2 Å². The zero-order chi connectivity index (χ0) is 47.6. The lowest BCUT2D eigenvalue weighted by Gasteiger charge is -2.08. The number of amidine groups is 1. The van der Waals surface area contributed by atoms with Crippen LogP contribution in [0.4, 0.5) is 5.69 Å². The predicted octanol–water partition coefficient (Wildman–Crippen LogP) is 14.3. The Morgan fingerprint density at radius 3 is 1.72 bits per heavy atom. The van der Waals surface area contributed by atoms with Gasteiger partial charge >= 0.3 is 11.9 Å². The van der Waals surface area contributed by atoms with E-state index < -0.39 is 17.9 Å². The van der Waals surface area contributed by atoms with Crippen molar-refractivity contribution in [2.45, 2.75) is 90.0 Å². The standard InChI is InChI=1S/C11H10Cl2N2S.C11H11ClN2OS.C8H14O3.C7H6BrNO2.C5H5ClN2S.3CH4.ClH/c1-3-7-6(2)14-11(15-10(7)13)8-4-5-9(12)16-8;1-3-7-6(2)13-10(14-11(7)15)8-4-5-9(12)16-8;1-4-7(6(3)9)8(10)11-5-2;8-6-2-1-4(9)3-5(6)7(10)11;6-4-2-1-3(9-4)5(7)8;;;;/h4-5H,3H2,1-2H3;4-5H,3H2,1-2H3,(H,13,14,15);7H,4-5H2,1-3H3;1-3H,9H2,(H,10,11);1-2H,(H3,7,8);3*1H4;1H. The maximum atomic E-state index is 11.7. The number of ketones is 1. The van der Waals surface area contributed by atoms with Gasteiger partial charge in [0.15, 0.2) is 11.6 Å². The molecule has 67 heavy (non-hydrogen) atoms. The van der Waals surface area contributed by atoms with Crippen LogP contribution in [0.5, 0.6) is 0 Å². The Morgan fingerprint density at radius 1 is 0.821 bits per heavy atom. The van der Waals surface area contributed by atoms with Gasteiger partial charge in [-0.1, -0.05) is 89.5 Å². The average Bonchev–Trinajstić information content (AvgIpc) is 3.98. The Hall–Kier alpha value is -3.91. The van der Waals surface area contributed by atoms with E-state index in [1.165, 1.54) is 47.0 Å². The monoisotopic (exact) mass is 1140 g/mol. The molecule has 0 spiro atoms. The third-order valence-corrected chi connectivity index (χ3v) is 13.0. The summed E-state index contributed by atoms with van der Waals surface area (Å²) in [7, 11) is 0. The molecule has 5 heterocycles. The normalized spacial score (nSPS) is 9.97. The van der Waals surface area contributed by atoms with Crippen molar-refractivity contribution in [2.24, 2.45) is 11.7 Å². The van der Waals surface area contributed by atoms with Crippen LogP contribution in [0, 0.1) is 25.2 Å². The number of hydrogen-bond donors (Lipinski definition) is 5. The number of nitrogen functional groups attached to an aromatic ring is 2. The Balaban J connectivity index is -0.000000766. The van der Waals surface area contributed by atoms with Crippen LogP contribution in [-0.4, -0.2) is 55.2 Å². The first-order valence-electron chi connectivity index (χ1n) is 18.9. The zero-order valence-corrected chi connectivity index (χ0v) is 43.5. The van der Waals surface area contributed by atoms with Crippen molar-refractivity contribution >= 4 is 138 Å². The van der Waals surface area contributed by atoms with Crippen LogP contribution >= 0.6 is 109 Å². The number of Topliss-reactive ketones (excluding diaryl/α,β-unsaturated/α-hetero) is 1. The Kier molecular flexibility index (Phi) is 33.7. The number of carboxylic acids is 1. The molecule has 13 nitrogen and oxygen atoms in total. The summed E-state index contributed by atoms with van der Waals surface area (Å²) in [5.74, 6) is -0.743. The van der Waals surface area contributed by atoms with E-state index >= 15 is 0 Å². The number of aromatic nitrogens is 4. The van der Waals surface area contributed by atoms with Crippen molar-refractivity contribution in [3.8, 4) is 21.4 Å². The van der Waals surface area contributed by atoms with E-state index in [1.54, 1.807) is 44.2 Å². The molecule has 370 valence electrons. The van der Waals surface area contributed by atoms with Gasteiger partial charge in [0.1, 0.15) is 22.7 Å². The summed E-state index contributed by atoms with van der Waals surface area (Å²) in [4.78, 5) is 62.5. The number of aromatic carboxylic acids is 1. The number of rotatable bonds is 10. The number of ether oxygens (including phenoxy) is 1. The van der Waals surface area contributed by atoms with Gasteiger partial charge in [0.05, 0.1) is 39.8 Å². The number of carboxylic acid groups (broad SMARTS) is 1. The molecule has 0 bridgehead atoms. The molecular weight excluding hydrogens is 1090 g/mol. The molecule has 0 aliphatic carbocycles. The maximum Gasteiger partial charge on any atom is 0.336 e. The molecule has 5 aromatic heterocycles. The van der Waals surface area contributed by atoms with Crippen LogP contribution in [0.1, 0.15) is 101 Å². The van der Waals surface area contributed by atoms with Crippen LogP contribution in [0.15, 0.2) is 63.9 Å². The van der Waals surface area contributed by atoms with E-state index in [4.69, 9.17) is 73.1 Å². The molecule has 0 radical (unpaired) electrons. The van der Waals surface area contributed by atoms with E-state index in [0.717, 1.165) is 47.9 Å². The molecule has 7 N–H and O–H groups in total. The van der Waals surface area contributed by atoms with Crippen molar-refractivity contribution in [1.29, 1.82) is 5.41 Å². The zero-order valence-electron chi connectivity index (χ0n) is 35.6. The molecule has 0 amide bonds. The smallest absolute Gasteiger partial charge is 0.336 e. The highest BCUT2D eigenvalue weighted by atomic mass is 79.9. The molecule has 1 unspecified atom stereocenters. The number of aryl methyl sites for hydroxylation is 2. The number of anilines is 1. The number of nitrogens with two attached hydrogens (primary N) is 2. The minimum Gasteiger partial charge on any atom is -0.478 e. The number of carbonyl (C=O) groups excluding carboxylic acids is 2. The number of hydrogen-bond acceptors (Lipinski definition) is 13. The van der Waals surface area contributed by atoms with E-state index in [0.29, 0.717) is 55.1 Å². The number of thiophene rings is 3. The molecule has 22 heteroatoms. The van der Waals surface area contributed by atoms with Crippen LogP contribution < -0.4 is 17.0 Å². The molecule has 0 aliphatic heterocycles. The van der Waals surface area contributed by atoms with Gasteiger partial charge < -0.3 is 26.3 Å². The minimum atomic E-state index is -0.982. The molecule has 0 saturated heterocycles. The number of benzene rings is 1. The van der Waals surface area contributed by atoms with Crippen molar-refractivity contribution in [2.75, 3.05) is 12.3 Å². The lowest BCUT2D eigenvalue weighted by atomic mass is 10.0. The van der Waals surface area contributed by atoms with Gasteiger partial charge in [-0.2, -0.15) is 0 Å². The predicted molar refractivity (Wildman–Crippen MR) is 291 cm³/mol. The number of carbonyl (C=O) groups is 3. The first-order chi connectivity index (χ1) is 29.7. The number of nitrogens with zero attached hydrogens (tertiary/aromatic N) is 3. The second-order valence-corrected chi connectivity index (χ2v) is 19.0. The van der Waals surface area contributed by atoms with Gasteiger partial charge in [0.2, 0.25) is 0 Å². The van der Waals surface area contributed by atoms with Crippen molar-refractivity contribution in [3.05, 3.63) is 121 Å². The highest BCUT2D eigenvalue weighted by Gasteiger charge is 2.22. The Bertz CT molecular complexity index is 2550. The highest BCUT2D eigenvalue weighted by molar-refractivity contribution is 9.10. The average molecular weight is 1150 g/mol. The van der Waals surface area contributed by atoms with Gasteiger partial charge in [-0.3, -0.25) is 19.8 Å². The quantitative estimate of drug-likeness (QED) is 0.0216. The van der Waals surface area contributed by atoms with Gasteiger partial charge in [0, 0.05) is 32.7 Å². The fourth-order valence-electron chi connectivity index (χ4n) is 5.12. The van der Waals surface area contributed by atoms with E-state index in [1.807, 2.05) is 45.9 Å². The number of halogens is 6. The lowest BCUT2D eigenvalue weighted by molar-refractivity contribution is -0.151. The number of esters is 1. The minimum absolute atomic E-state index is 0. The number of aromatic amines is 1. The summed E-state index contributed by atoms with van der Waals surface area (Å²) >= 11 is 30.7. The molecule has 0 saturated carbocycles. The van der Waals surface area contributed by atoms with Crippen LogP contribution in [0.25, 0.3) is 21.4 Å². The fraction of sp³-hybridized carbons (Fsp3) is 0.333. The number of H-pyrrole nitrogens is 1. The molecule has 0 aliphatic rings. The number of nitrogens with one attached hydrogen (secondary N) is 2. The van der Waals surface area contributed by atoms with Gasteiger partial charge in [-0.25, -0.2) is 19.7 Å². The van der Waals surface area contributed by atoms with Gasteiger partial charge in [-0.15, -0.1) is 46.4 Å². The first-order valence-corrected chi connectivity index (χ1v) is 23.6. The second-order valence-electron chi connectivity index (χ2n) is 12.7. The van der Waals surface area contributed by atoms with E-state index in [9.17, 15) is 19.2 Å². The summed E-state index contributed by atoms with van der Waals surface area (Å²) in [5.41, 5.74) is 14.6. The van der Waals surface area contributed by atoms with Crippen molar-refractivity contribution in [1.82, 2.24) is 19.9 Å². The summed E-state index contributed by atoms with van der Waals surface area (Å²) in [6, 6.07) is 15.5. The Morgan fingerprint density at radius 2 is 1.34 bits per heavy atom. The summed E-state index contributed by atoms with van der Waals surface area (Å²) in [6.45, 7) is 13.1. The van der Waals surface area contributed by atoms with E-state index in [-0.39, 0.29) is 57.4 Å². The van der Waals surface area contributed by atoms with E-state index in [2.05, 4.69) is 35.9 Å².